The van der Waals surface area contributed by atoms with E-state index in [1.807, 2.05) is 0 Å². The van der Waals surface area contributed by atoms with Crippen molar-refractivity contribution >= 4 is 39.1 Å². The lowest BCUT2D eigenvalue weighted by Gasteiger charge is -2.32. The molecule has 0 spiro atoms. The number of likely N-dealkylation sites (N-methyl/N-ethyl adjacent to an activating group) is 1. The van der Waals surface area contributed by atoms with Gasteiger partial charge in [0.25, 0.3) is 10.0 Å². The van der Waals surface area contributed by atoms with Crippen molar-refractivity contribution in [2.24, 2.45) is 0 Å². The molecule has 0 fully saturated rings. The standard InChI is InChI=1S/C26H24ClF4N3O4S/c1-17(25(36)32-2)33(15-18-8-11-20(28)12-9-18)24(35)16-34(39(37,38)21-6-4-3-5-7-21)23-14-19(26(29,30)31)10-13-22(23)27/h3-14,17H,15-16H2,1-2H3,(H,32,36). The third-order valence-corrected chi connectivity index (χ3v) is 7.93. The molecule has 0 aromatic heterocycles. The van der Waals surface area contributed by atoms with E-state index >= 15 is 0 Å². The molecule has 0 aliphatic heterocycles. The maximum absolute atomic E-state index is 13.7. The van der Waals surface area contributed by atoms with Crippen molar-refractivity contribution < 1.29 is 35.6 Å². The number of nitrogens with one attached hydrogen (secondary N) is 1. The molecule has 3 aromatic carbocycles. The molecule has 0 aliphatic rings. The summed E-state index contributed by atoms with van der Waals surface area (Å²) in [4.78, 5) is 26.8. The van der Waals surface area contributed by atoms with E-state index in [-0.39, 0.29) is 16.5 Å². The molecule has 1 atom stereocenters. The molecule has 0 radical (unpaired) electrons. The summed E-state index contributed by atoms with van der Waals surface area (Å²) in [7, 11) is -3.27. The fourth-order valence-electron chi connectivity index (χ4n) is 3.69. The number of hydrogen-bond acceptors (Lipinski definition) is 4. The van der Waals surface area contributed by atoms with Crippen molar-refractivity contribution in [2.75, 3.05) is 17.9 Å². The van der Waals surface area contributed by atoms with Crippen molar-refractivity contribution in [3.05, 3.63) is 94.8 Å². The molecule has 0 aliphatic carbocycles. The zero-order chi connectivity index (χ0) is 29.0. The Hall–Kier alpha value is -3.64. The number of anilines is 1. The predicted octanol–water partition coefficient (Wildman–Crippen LogP) is 4.86. The van der Waals surface area contributed by atoms with Crippen LogP contribution in [0.3, 0.4) is 0 Å². The lowest BCUT2D eigenvalue weighted by atomic mass is 10.1. The summed E-state index contributed by atoms with van der Waals surface area (Å²) in [5.74, 6) is -2.03. The Labute approximate surface area is 228 Å². The van der Waals surface area contributed by atoms with E-state index in [1.54, 1.807) is 6.07 Å². The molecule has 13 heteroatoms. The monoisotopic (exact) mass is 585 g/mol. The van der Waals surface area contributed by atoms with Crippen LogP contribution in [-0.4, -0.2) is 44.8 Å². The van der Waals surface area contributed by atoms with Gasteiger partial charge in [-0.1, -0.05) is 41.9 Å². The Morgan fingerprint density at radius 3 is 2.18 bits per heavy atom. The van der Waals surface area contributed by atoms with Gasteiger partial charge in [-0.05, 0) is 55.0 Å². The number of sulfonamides is 1. The number of amides is 2. The van der Waals surface area contributed by atoms with Crippen molar-refractivity contribution in [2.45, 2.75) is 30.6 Å². The molecule has 0 heterocycles. The average Bonchev–Trinajstić information content (AvgIpc) is 2.90. The summed E-state index contributed by atoms with van der Waals surface area (Å²) >= 11 is 6.18. The summed E-state index contributed by atoms with van der Waals surface area (Å²) in [6, 6.07) is 12.9. The van der Waals surface area contributed by atoms with Crippen molar-refractivity contribution in [3.63, 3.8) is 0 Å². The quantitative estimate of drug-likeness (QED) is 0.364. The SMILES string of the molecule is CNC(=O)C(C)N(Cc1ccc(F)cc1)C(=O)CN(c1cc(C(F)(F)F)ccc1Cl)S(=O)(=O)c1ccccc1. The molecule has 0 saturated carbocycles. The molecular formula is C26H24ClF4N3O4S. The molecule has 7 nitrogen and oxygen atoms in total. The molecule has 1 N–H and O–H groups in total. The van der Waals surface area contributed by atoms with Crippen LogP contribution in [0.4, 0.5) is 23.2 Å². The van der Waals surface area contributed by atoms with Gasteiger partial charge in [-0.15, -0.1) is 0 Å². The van der Waals surface area contributed by atoms with E-state index in [4.69, 9.17) is 11.6 Å². The number of benzene rings is 3. The van der Waals surface area contributed by atoms with E-state index < -0.39 is 57.7 Å². The highest BCUT2D eigenvalue weighted by atomic mass is 35.5. The number of carbonyl (C=O) groups is 2. The first kappa shape index (κ1) is 29.9. The Morgan fingerprint density at radius 1 is 1.00 bits per heavy atom. The molecule has 208 valence electrons. The summed E-state index contributed by atoms with van der Waals surface area (Å²) in [5, 5.41) is 2.05. The van der Waals surface area contributed by atoms with Gasteiger partial charge in [0.2, 0.25) is 11.8 Å². The van der Waals surface area contributed by atoms with E-state index in [1.165, 1.54) is 50.4 Å². The van der Waals surface area contributed by atoms with Crippen LogP contribution >= 0.6 is 11.6 Å². The van der Waals surface area contributed by atoms with E-state index in [0.29, 0.717) is 22.0 Å². The highest BCUT2D eigenvalue weighted by molar-refractivity contribution is 7.92. The van der Waals surface area contributed by atoms with Gasteiger partial charge < -0.3 is 10.2 Å². The summed E-state index contributed by atoms with van der Waals surface area (Å²) < 4.78 is 81.8. The van der Waals surface area contributed by atoms with Gasteiger partial charge in [0.1, 0.15) is 18.4 Å². The Bertz CT molecular complexity index is 1440. The van der Waals surface area contributed by atoms with Crippen LogP contribution in [0.5, 0.6) is 0 Å². The lowest BCUT2D eigenvalue weighted by Crippen LogP contribution is -2.50. The lowest BCUT2D eigenvalue weighted by molar-refractivity contribution is -0.139. The second-order valence-electron chi connectivity index (χ2n) is 8.43. The third-order valence-electron chi connectivity index (χ3n) is 5.83. The maximum Gasteiger partial charge on any atom is 0.416 e. The smallest absolute Gasteiger partial charge is 0.357 e. The van der Waals surface area contributed by atoms with Crippen molar-refractivity contribution in [1.29, 1.82) is 0 Å². The van der Waals surface area contributed by atoms with Crippen LogP contribution in [0.15, 0.2) is 77.7 Å². The first-order valence-electron chi connectivity index (χ1n) is 11.5. The number of hydrogen-bond donors (Lipinski definition) is 1. The molecule has 3 aromatic rings. The molecule has 39 heavy (non-hydrogen) atoms. The molecule has 0 bridgehead atoms. The maximum atomic E-state index is 13.7. The first-order chi connectivity index (χ1) is 18.3. The highest BCUT2D eigenvalue weighted by Crippen LogP contribution is 2.37. The van der Waals surface area contributed by atoms with Crippen LogP contribution in [0.2, 0.25) is 5.02 Å². The number of alkyl halides is 3. The van der Waals surface area contributed by atoms with E-state index in [2.05, 4.69) is 5.32 Å². The molecule has 3 rings (SSSR count). The van der Waals surface area contributed by atoms with Gasteiger partial charge in [0.15, 0.2) is 0 Å². The zero-order valence-corrected chi connectivity index (χ0v) is 22.3. The number of carbonyl (C=O) groups excluding carboxylic acids is 2. The van der Waals surface area contributed by atoms with Gasteiger partial charge in [0.05, 0.1) is 21.2 Å². The van der Waals surface area contributed by atoms with Crippen molar-refractivity contribution in [1.82, 2.24) is 10.2 Å². The minimum absolute atomic E-state index is 0.219. The van der Waals surface area contributed by atoms with Crippen LogP contribution < -0.4 is 9.62 Å². The van der Waals surface area contributed by atoms with Crippen LogP contribution in [0, 0.1) is 5.82 Å². The minimum Gasteiger partial charge on any atom is -0.357 e. The normalized spacial score (nSPS) is 12.5. The fraction of sp³-hybridized carbons (Fsp3) is 0.231. The topological polar surface area (TPSA) is 86.8 Å². The van der Waals surface area contributed by atoms with Gasteiger partial charge >= 0.3 is 6.18 Å². The minimum atomic E-state index is -4.83. The Morgan fingerprint density at radius 2 is 1.62 bits per heavy atom. The number of nitrogens with zero attached hydrogens (tertiary/aromatic N) is 2. The zero-order valence-electron chi connectivity index (χ0n) is 20.7. The molecule has 2 amide bonds. The third kappa shape index (κ3) is 7.07. The highest BCUT2D eigenvalue weighted by Gasteiger charge is 2.36. The Balaban J connectivity index is 2.12. The van der Waals surface area contributed by atoms with Crippen LogP contribution in [-0.2, 0) is 32.3 Å². The molecular weight excluding hydrogens is 562 g/mol. The first-order valence-corrected chi connectivity index (χ1v) is 13.3. The van der Waals surface area contributed by atoms with Gasteiger partial charge in [0, 0.05) is 13.6 Å². The predicted molar refractivity (Wildman–Crippen MR) is 138 cm³/mol. The summed E-state index contributed by atoms with van der Waals surface area (Å²) in [6.45, 7) is 0.192. The number of halogens is 5. The average molecular weight is 586 g/mol. The second kappa shape index (κ2) is 12.0. The van der Waals surface area contributed by atoms with Gasteiger partial charge in [-0.25, -0.2) is 12.8 Å². The van der Waals surface area contributed by atoms with Gasteiger partial charge in [-0.2, -0.15) is 13.2 Å². The Kier molecular flexibility index (Phi) is 9.23. The van der Waals surface area contributed by atoms with Crippen molar-refractivity contribution in [3.8, 4) is 0 Å². The molecule has 1 unspecified atom stereocenters. The summed E-state index contributed by atoms with van der Waals surface area (Å²) in [6.07, 6.45) is -4.83. The molecule has 0 saturated heterocycles. The summed E-state index contributed by atoms with van der Waals surface area (Å²) in [5.41, 5.74) is -1.32. The largest absolute Gasteiger partial charge is 0.416 e. The van der Waals surface area contributed by atoms with Crippen LogP contribution in [0.25, 0.3) is 0 Å². The number of rotatable bonds is 9. The second-order valence-corrected chi connectivity index (χ2v) is 10.7. The van der Waals surface area contributed by atoms with E-state index in [0.717, 1.165) is 23.1 Å². The fourth-order valence-corrected chi connectivity index (χ4v) is 5.41. The van der Waals surface area contributed by atoms with Gasteiger partial charge in [-0.3, -0.25) is 13.9 Å². The van der Waals surface area contributed by atoms with Crippen LogP contribution in [0.1, 0.15) is 18.1 Å². The van der Waals surface area contributed by atoms with E-state index in [9.17, 15) is 35.6 Å².